The van der Waals surface area contributed by atoms with Crippen molar-refractivity contribution in [3.63, 3.8) is 0 Å². The summed E-state index contributed by atoms with van der Waals surface area (Å²) in [6.07, 6.45) is 1.23. The predicted molar refractivity (Wildman–Crippen MR) is 154 cm³/mol. The molecule has 12 heteroatoms. The van der Waals surface area contributed by atoms with E-state index < -0.39 is 17.9 Å². The van der Waals surface area contributed by atoms with Crippen LogP contribution in [-0.2, 0) is 9.53 Å². The molecule has 0 saturated carbocycles. The Kier molecular flexibility index (Phi) is 10.4. The van der Waals surface area contributed by atoms with Crippen molar-refractivity contribution < 1.29 is 24.2 Å². The number of aliphatic carboxylic acids is 1. The van der Waals surface area contributed by atoms with Crippen molar-refractivity contribution in [2.45, 2.75) is 13.0 Å². The minimum Gasteiger partial charge on any atom is -0.492 e. The second-order valence-corrected chi connectivity index (χ2v) is 9.92. The number of halogens is 2. The molecule has 0 aliphatic heterocycles. The molecule has 3 aromatic rings. The molecule has 0 bridgehead atoms. The molecular weight excluding hydrogens is 563 g/mol. The Morgan fingerprint density at radius 3 is 2.74 bits per heavy atom. The Bertz CT molecular complexity index is 1520. The molecule has 3 aromatic carbocycles. The fourth-order valence-corrected chi connectivity index (χ4v) is 4.68. The van der Waals surface area contributed by atoms with E-state index in [0.29, 0.717) is 38.5 Å². The number of benzene rings is 3. The molecule has 0 heterocycles. The second-order valence-electron chi connectivity index (χ2n) is 8.00. The van der Waals surface area contributed by atoms with Gasteiger partial charge in [0, 0.05) is 16.2 Å². The normalized spacial score (nSPS) is 11.5. The Morgan fingerprint density at radius 1 is 1.31 bits per heavy atom. The maximum Gasteiger partial charge on any atom is 0.333 e. The van der Waals surface area contributed by atoms with E-state index in [9.17, 15) is 14.9 Å². The third-order valence-corrected chi connectivity index (χ3v) is 7.04. The van der Waals surface area contributed by atoms with Crippen molar-refractivity contribution in [3.8, 4) is 11.8 Å². The van der Waals surface area contributed by atoms with Crippen LogP contribution in [0.1, 0.15) is 27.5 Å². The van der Waals surface area contributed by atoms with Gasteiger partial charge < -0.3 is 19.9 Å². The number of ether oxygens (including phenoxy) is 2. The summed E-state index contributed by atoms with van der Waals surface area (Å²) in [5.74, 6) is -1.02. The molecule has 0 aliphatic rings. The zero-order valence-corrected chi connectivity index (χ0v) is 23.2. The van der Waals surface area contributed by atoms with Crippen molar-refractivity contribution in [2.24, 2.45) is 4.99 Å². The molecule has 0 radical (unpaired) electrons. The number of fused-ring (bicyclic) bond motifs is 1. The molecule has 9 nitrogen and oxygen atoms in total. The Hall–Kier alpha value is -3.96. The molecule has 0 saturated heterocycles. The first-order valence-corrected chi connectivity index (χ1v) is 13.2. The van der Waals surface area contributed by atoms with Gasteiger partial charge in [-0.1, -0.05) is 35.3 Å². The number of anilines is 1. The number of nitrogens with one attached hydrogen (secondary N) is 1. The average Bonchev–Trinajstić information content (AvgIpc) is 2.91. The summed E-state index contributed by atoms with van der Waals surface area (Å²) in [6.45, 7) is 9.52. The highest BCUT2D eigenvalue weighted by Crippen LogP contribution is 2.42. The SMILES string of the molecule is [C-]#[N+]C(C#N)c1c(C(=O)Nc2cc(C)c(Cl)cc2Cl)cc(OCCSCC(=O)O)c2c(N=COC)cccc12. The number of hydrogen-bond acceptors (Lipinski definition) is 7. The molecule has 1 amide bonds. The number of carbonyl (C=O) groups excluding carboxylic acids is 1. The first kappa shape index (κ1) is 29.6. The van der Waals surface area contributed by atoms with Crippen LogP contribution in [0.4, 0.5) is 11.4 Å². The monoisotopic (exact) mass is 584 g/mol. The lowest BCUT2D eigenvalue weighted by Crippen LogP contribution is -2.17. The fraction of sp³-hybridized carbons (Fsp3) is 0.222. The van der Waals surface area contributed by atoms with Crippen LogP contribution in [0, 0.1) is 24.8 Å². The van der Waals surface area contributed by atoms with Crippen LogP contribution in [0.2, 0.25) is 10.0 Å². The van der Waals surface area contributed by atoms with Gasteiger partial charge in [-0.2, -0.15) is 5.26 Å². The van der Waals surface area contributed by atoms with Gasteiger partial charge in [-0.15, -0.1) is 11.8 Å². The molecule has 0 aliphatic carbocycles. The van der Waals surface area contributed by atoms with E-state index in [0.717, 1.165) is 0 Å². The number of nitrogens with zero attached hydrogens (tertiary/aromatic N) is 3. The zero-order valence-electron chi connectivity index (χ0n) is 20.8. The Labute approximate surface area is 239 Å². The maximum atomic E-state index is 13.6. The summed E-state index contributed by atoms with van der Waals surface area (Å²) in [6, 6.07) is 10.3. The lowest BCUT2D eigenvalue weighted by Gasteiger charge is -2.18. The molecule has 3 rings (SSSR count). The third kappa shape index (κ3) is 7.12. The number of thioether (sulfide) groups is 1. The van der Waals surface area contributed by atoms with Crippen LogP contribution in [-0.4, -0.2) is 48.6 Å². The number of rotatable bonds is 11. The third-order valence-electron chi connectivity index (χ3n) is 5.42. The number of carboxylic acid groups (broad SMARTS) is 1. The molecule has 2 N–H and O–H groups in total. The molecule has 0 aromatic heterocycles. The van der Waals surface area contributed by atoms with Gasteiger partial charge in [0.25, 0.3) is 5.91 Å². The quantitative estimate of drug-likeness (QED) is 0.111. The first-order chi connectivity index (χ1) is 18.7. The van der Waals surface area contributed by atoms with E-state index in [4.69, 9.17) is 44.4 Å². The summed E-state index contributed by atoms with van der Waals surface area (Å²) >= 11 is 13.6. The van der Waals surface area contributed by atoms with E-state index in [2.05, 4.69) is 15.2 Å². The summed E-state index contributed by atoms with van der Waals surface area (Å²) in [4.78, 5) is 32.2. The molecule has 0 fully saturated rings. The highest BCUT2D eigenvalue weighted by molar-refractivity contribution is 7.99. The lowest BCUT2D eigenvalue weighted by atomic mass is 9.92. The molecular formula is C27H22Cl2N4O5S. The zero-order chi connectivity index (χ0) is 28.5. The van der Waals surface area contributed by atoms with Crippen LogP contribution in [0.3, 0.4) is 0 Å². The van der Waals surface area contributed by atoms with Gasteiger partial charge in [-0.3, -0.25) is 14.4 Å². The van der Waals surface area contributed by atoms with Crippen LogP contribution in [0.15, 0.2) is 41.4 Å². The van der Waals surface area contributed by atoms with Gasteiger partial charge in [-0.25, -0.2) is 11.6 Å². The molecule has 1 atom stereocenters. The Balaban J connectivity index is 2.21. The van der Waals surface area contributed by atoms with Crippen LogP contribution in [0.25, 0.3) is 15.6 Å². The van der Waals surface area contributed by atoms with Crippen LogP contribution in [0.5, 0.6) is 5.75 Å². The van der Waals surface area contributed by atoms with Crippen LogP contribution >= 0.6 is 35.0 Å². The minimum absolute atomic E-state index is 0.0368. The number of aryl methyl sites for hydroxylation is 1. The number of aliphatic imine (C=N–C) groups is 1. The molecule has 39 heavy (non-hydrogen) atoms. The van der Waals surface area contributed by atoms with Gasteiger partial charge in [-0.05, 0) is 36.8 Å². The Morgan fingerprint density at radius 2 is 2.08 bits per heavy atom. The van der Waals surface area contributed by atoms with Crippen molar-refractivity contribution in [3.05, 3.63) is 74.6 Å². The maximum absolute atomic E-state index is 13.6. The smallest absolute Gasteiger partial charge is 0.333 e. The number of carboxylic acids is 1. The second kappa shape index (κ2) is 13.7. The number of methoxy groups -OCH3 is 1. The number of hydrogen-bond donors (Lipinski definition) is 2. The van der Waals surface area contributed by atoms with Gasteiger partial charge in [0.15, 0.2) is 12.5 Å². The standard InChI is InChI=1S/C27H22Cl2N4O5S/c1-15-9-21(19(29)11-18(15)28)33-27(36)17-10-23(38-7-8-39-13-24(34)35)26-16(25(17)22(12-30)31-2)5-4-6-20(26)32-14-37-3/h4-6,9-11,14,22H,7-8,13H2,1,3H3,(H,33,36)(H,34,35). The average molecular weight is 585 g/mol. The molecule has 1 unspecified atom stereocenters. The van der Waals surface area contributed by atoms with Crippen molar-refractivity contribution in [1.82, 2.24) is 0 Å². The molecule has 0 spiro atoms. The minimum atomic E-state index is -1.31. The number of amides is 1. The van der Waals surface area contributed by atoms with E-state index in [1.807, 2.05) is 6.07 Å². The molecule has 200 valence electrons. The fourth-order valence-electron chi connectivity index (χ4n) is 3.73. The largest absolute Gasteiger partial charge is 0.492 e. The lowest BCUT2D eigenvalue weighted by molar-refractivity contribution is -0.133. The van der Waals surface area contributed by atoms with E-state index in [1.165, 1.54) is 37.4 Å². The van der Waals surface area contributed by atoms with Gasteiger partial charge >= 0.3 is 12.0 Å². The van der Waals surface area contributed by atoms with Crippen molar-refractivity contribution in [1.29, 1.82) is 5.26 Å². The van der Waals surface area contributed by atoms with Gasteiger partial charge in [0.1, 0.15) is 5.75 Å². The highest BCUT2D eigenvalue weighted by atomic mass is 35.5. The van der Waals surface area contributed by atoms with Crippen LogP contribution < -0.4 is 10.1 Å². The first-order valence-electron chi connectivity index (χ1n) is 11.3. The summed E-state index contributed by atoms with van der Waals surface area (Å²) < 4.78 is 11.0. The number of nitriles is 1. The summed E-state index contributed by atoms with van der Waals surface area (Å²) in [5.41, 5.74) is 1.64. The topological polar surface area (TPSA) is 125 Å². The van der Waals surface area contributed by atoms with Crippen molar-refractivity contribution in [2.75, 3.05) is 30.5 Å². The van der Waals surface area contributed by atoms with Gasteiger partial charge in [0.05, 0.1) is 52.4 Å². The van der Waals surface area contributed by atoms with E-state index in [1.54, 1.807) is 31.2 Å². The summed E-state index contributed by atoms with van der Waals surface area (Å²) in [5, 5.41) is 23.0. The number of carbonyl (C=O) groups is 2. The summed E-state index contributed by atoms with van der Waals surface area (Å²) in [7, 11) is 1.44. The van der Waals surface area contributed by atoms with E-state index >= 15 is 0 Å². The predicted octanol–water partition coefficient (Wildman–Crippen LogP) is 6.69. The van der Waals surface area contributed by atoms with Crippen molar-refractivity contribution >= 4 is 75.4 Å². The highest BCUT2D eigenvalue weighted by Gasteiger charge is 2.29. The van der Waals surface area contributed by atoms with Gasteiger partial charge in [0.2, 0.25) is 0 Å². The van der Waals surface area contributed by atoms with E-state index in [-0.39, 0.29) is 34.3 Å².